The fourth-order valence-corrected chi connectivity index (χ4v) is 5.43. The number of hydrogen-bond donors (Lipinski definition) is 2. The second kappa shape index (κ2) is 12.8. The van der Waals surface area contributed by atoms with Gasteiger partial charge in [0, 0.05) is 69.8 Å². The number of carbonyl (C=O) groups excluding carboxylic acids is 3. The van der Waals surface area contributed by atoms with Crippen molar-refractivity contribution < 1.29 is 19.1 Å². The third-order valence-electron chi connectivity index (χ3n) is 7.67. The number of anilines is 2. The molecule has 1 atom stereocenters. The summed E-state index contributed by atoms with van der Waals surface area (Å²) in [6, 6.07) is 15.6. The van der Waals surface area contributed by atoms with E-state index in [0.717, 1.165) is 49.4 Å². The summed E-state index contributed by atoms with van der Waals surface area (Å²) in [5.74, 6) is -0.455. The summed E-state index contributed by atoms with van der Waals surface area (Å²) in [6.45, 7) is 11.9. The number of hydrogen-bond acceptors (Lipinski definition) is 6. The summed E-state index contributed by atoms with van der Waals surface area (Å²) in [7, 11) is 1.81. The van der Waals surface area contributed by atoms with Crippen LogP contribution in [-0.2, 0) is 11.3 Å². The van der Waals surface area contributed by atoms with Crippen molar-refractivity contribution in [2.24, 2.45) is 5.73 Å². The number of urea groups is 1. The highest BCUT2D eigenvalue weighted by atomic mass is 16.6. The minimum atomic E-state index is -0.502. The number of rotatable bonds is 6. The van der Waals surface area contributed by atoms with Gasteiger partial charge in [-0.3, -0.25) is 14.6 Å². The molecule has 0 spiro atoms. The number of ether oxygens (including phenoxy) is 1. The molecule has 2 fully saturated rings. The summed E-state index contributed by atoms with van der Waals surface area (Å²) in [4.78, 5) is 45.2. The Kier molecular flexibility index (Phi) is 9.42. The standard InChI is InChI=1S/C31H44N6O4/c1-22-20-35(18-19-37(22)30(40)41-31(2,3)4)21-23-10-12-25(13-11-23)34(5)29(39)36-16-14-24(15-17-36)33-27-9-7-6-8-26(27)28(32)38/h6-13,22,24,33H,14-21H2,1-5H3,(H2,32,38)/t22-/m0/s1. The van der Waals surface area contributed by atoms with Crippen molar-refractivity contribution >= 4 is 29.4 Å². The molecule has 2 aromatic rings. The average Bonchev–Trinajstić information content (AvgIpc) is 2.92. The first-order chi connectivity index (χ1) is 19.4. The second-order valence-corrected chi connectivity index (χ2v) is 12.1. The van der Waals surface area contributed by atoms with Crippen LogP contribution in [0.4, 0.5) is 21.0 Å². The van der Waals surface area contributed by atoms with Crippen molar-refractivity contribution in [2.75, 3.05) is 50.0 Å². The van der Waals surface area contributed by atoms with Gasteiger partial charge in [-0.15, -0.1) is 0 Å². The monoisotopic (exact) mass is 564 g/mol. The molecule has 2 aliphatic rings. The fraction of sp³-hybridized carbons (Fsp3) is 0.516. The Morgan fingerprint density at radius 1 is 1.00 bits per heavy atom. The minimum absolute atomic E-state index is 0.0270. The summed E-state index contributed by atoms with van der Waals surface area (Å²) in [5, 5.41) is 3.43. The molecule has 2 aromatic carbocycles. The Morgan fingerprint density at radius 3 is 2.27 bits per heavy atom. The Hall–Kier alpha value is -3.79. The molecule has 0 saturated carbocycles. The molecule has 0 unspecified atom stereocenters. The van der Waals surface area contributed by atoms with Gasteiger partial charge in [0.25, 0.3) is 5.91 Å². The van der Waals surface area contributed by atoms with E-state index in [2.05, 4.69) is 29.3 Å². The maximum atomic E-state index is 13.2. The molecule has 0 aliphatic carbocycles. The van der Waals surface area contributed by atoms with E-state index in [-0.39, 0.29) is 24.2 Å². The topological polar surface area (TPSA) is 111 Å². The van der Waals surface area contributed by atoms with Crippen LogP contribution >= 0.6 is 0 Å². The molecule has 2 aliphatic heterocycles. The van der Waals surface area contributed by atoms with Gasteiger partial charge in [0.1, 0.15) is 5.60 Å². The van der Waals surface area contributed by atoms with E-state index in [9.17, 15) is 14.4 Å². The Labute approximate surface area is 243 Å². The highest BCUT2D eigenvalue weighted by molar-refractivity contribution is 5.98. The van der Waals surface area contributed by atoms with Crippen molar-refractivity contribution in [3.8, 4) is 0 Å². The number of nitrogens with two attached hydrogens (primary N) is 1. The first-order valence-electron chi connectivity index (χ1n) is 14.4. The molecular weight excluding hydrogens is 520 g/mol. The first-order valence-corrected chi connectivity index (χ1v) is 14.4. The van der Waals surface area contributed by atoms with Gasteiger partial charge >= 0.3 is 12.1 Å². The Bertz CT molecular complexity index is 1220. The Balaban J connectivity index is 1.25. The largest absolute Gasteiger partial charge is 0.444 e. The number of piperazine rings is 1. The predicted molar refractivity (Wildman–Crippen MR) is 161 cm³/mol. The van der Waals surface area contributed by atoms with Crippen LogP contribution in [0.1, 0.15) is 56.5 Å². The van der Waals surface area contributed by atoms with E-state index in [1.165, 1.54) is 0 Å². The zero-order valence-electron chi connectivity index (χ0n) is 24.9. The van der Waals surface area contributed by atoms with Crippen molar-refractivity contribution in [3.63, 3.8) is 0 Å². The third-order valence-corrected chi connectivity index (χ3v) is 7.67. The van der Waals surface area contributed by atoms with Crippen molar-refractivity contribution in [1.82, 2.24) is 14.7 Å². The molecule has 41 heavy (non-hydrogen) atoms. The van der Waals surface area contributed by atoms with Crippen LogP contribution < -0.4 is 16.0 Å². The second-order valence-electron chi connectivity index (χ2n) is 12.1. The minimum Gasteiger partial charge on any atom is -0.444 e. The van der Waals surface area contributed by atoms with Crippen LogP contribution in [0.15, 0.2) is 48.5 Å². The number of likely N-dealkylation sites (tertiary alicyclic amines) is 1. The number of primary amides is 1. The number of nitrogens with one attached hydrogen (secondary N) is 1. The van der Waals surface area contributed by atoms with Gasteiger partial charge in [-0.2, -0.15) is 0 Å². The number of benzene rings is 2. The van der Waals surface area contributed by atoms with Crippen molar-refractivity contribution in [1.29, 1.82) is 0 Å². The van der Waals surface area contributed by atoms with E-state index in [0.29, 0.717) is 25.2 Å². The molecule has 222 valence electrons. The van der Waals surface area contributed by atoms with Gasteiger partial charge in [-0.05, 0) is 70.4 Å². The lowest BCUT2D eigenvalue weighted by atomic mass is 10.0. The van der Waals surface area contributed by atoms with Gasteiger partial charge in [-0.1, -0.05) is 24.3 Å². The zero-order chi connectivity index (χ0) is 29.7. The van der Waals surface area contributed by atoms with Crippen LogP contribution in [0.2, 0.25) is 0 Å². The zero-order valence-corrected chi connectivity index (χ0v) is 24.9. The van der Waals surface area contributed by atoms with Crippen LogP contribution in [-0.4, -0.2) is 90.2 Å². The van der Waals surface area contributed by atoms with Crippen molar-refractivity contribution in [2.45, 2.75) is 64.8 Å². The lowest BCUT2D eigenvalue weighted by Gasteiger charge is -2.40. The van der Waals surface area contributed by atoms with Gasteiger partial charge in [-0.25, -0.2) is 9.59 Å². The van der Waals surface area contributed by atoms with Gasteiger partial charge in [0.05, 0.1) is 5.56 Å². The smallest absolute Gasteiger partial charge is 0.410 e. The molecule has 3 N–H and O–H groups in total. The van der Waals surface area contributed by atoms with E-state index in [1.807, 2.05) is 61.9 Å². The average molecular weight is 565 g/mol. The van der Waals surface area contributed by atoms with E-state index < -0.39 is 11.5 Å². The fourth-order valence-electron chi connectivity index (χ4n) is 5.43. The van der Waals surface area contributed by atoms with Crippen LogP contribution in [0, 0.1) is 0 Å². The lowest BCUT2D eigenvalue weighted by molar-refractivity contribution is 0.000547. The molecule has 2 heterocycles. The normalized spacial score (nSPS) is 18.6. The van der Waals surface area contributed by atoms with Crippen LogP contribution in [0.3, 0.4) is 0 Å². The number of nitrogens with zero attached hydrogens (tertiary/aromatic N) is 4. The van der Waals surface area contributed by atoms with Gasteiger partial charge < -0.3 is 25.6 Å². The molecule has 0 radical (unpaired) electrons. The van der Waals surface area contributed by atoms with Crippen LogP contribution in [0.5, 0.6) is 0 Å². The number of amides is 4. The molecule has 4 rings (SSSR count). The van der Waals surface area contributed by atoms with E-state index in [1.54, 1.807) is 17.0 Å². The van der Waals surface area contributed by atoms with Crippen LogP contribution in [0.25, 0.3) is 0 Å². The molecular formula is C31H44N6O4. The summed E-state index contributed by atoms with van der Waals surface area (Å²) < 4.78 is 5.56. The summed E-state index contributed by atoms with van der Waals surface area (Å²) >= 11 is 0. The third kappa shape index (κ3) is 7.91. The van der Waals surface area contributed by atoms with E-state index >= 15 is 0 Å². The molecule has 4 amide bonds. The summed E-state index contributed by atoms with van der Waals surface area (Å²) in [6.07, 6.45) is 1.31. The molecule has 10 heteroatoms. The highest BCUT2D eigenvalue weighted by Gasteiger charge is 2.31. The maximum Gasteiger partial charge on any atom is 0.410 e. The SMILES string of the molecule is C[C@H]1CN(Cc2ccc(N(C)C(=O)N3CCC(Nc4ccccc4C(N)=O)CC3)cc2)CCN1C(=O)OC(C)(C)C. The predicted octanol–water partition coefficient (Wildman–Crippen LogP) is 4.36. The van der Waals surface area contributed by atoms with Crippen molar-refractivity contribution in [3.05, 3.63) is 59.7 Å². The molecule has 0 aromatic heterocycles. The molecule has 0 bridgehead atoms. The maximum absolute atomic E-state index is 13.2. The number of carbonyl (C=O) groups is 3. The first kappa shape index (κ1) is 30.2. The lowest BCUT2D eigenvalue weighted by Crippen LogP contribution is -2.54. The molecule has 2 saturated heterocycles. The number of para-hydroxylation sites is 1. The van der Waals surface area contributed by atoms with Gasteiger partial charge in [0.2, 0.25) is 0 Å². The van der Waals surface area contributed by atoms with Gasteiger partial charge in [0.15, 0.2) is 0 Å². The molecule has 10 nitrogen and oxygen atoms in total. The van der Waals surface area contributed by atoms with E-state index in [4.69, 9.17) is 10.5 Å². The highest BCUT2D eigenvalue weighted by Crippen LogP contribution is 2.23. The number of piperidine rings is 1. The Morgan fingerprint density at radius 2 is 1.66 bits per heavy atom. The summed E-state index contributed by atoms with van der Waals surface area (Å²) in [5.41, 5.74) is 8.23. The quantitative estimate of drug-likeness (QED) is 0.539.